The van der Waals surface area contributed by atoms with Gasteiger partial charge in [0, 0.05) is 4.95 Å². The van der Waals surface area contributed by atoms with Gasteiger partial charge < -0.3 is 0 Å². The molecule has 0 aromatic heterocycles. The van der Waals surface area contributed by atoms with Crippen molar-refractivity contribution in [2.24, 2.45) is 0 Å². The van der Waals surface area contributed by atoms with E-state index in [9.17, 15) is 13.2 Å². The van der Waals surface area contributed by atoms with Crippen LogP contribution in [0.5, 0.6) is 0 Å². The zero-order valence-corrected chi connectivity index (χ0v) is 11.1. The number of hydrogen-bond acceptors (Lipinski definition) is 0. The van der Waals surface area contributed by atoms with Crippen LogP contribution < -0.4 is 5.19 Å². The summed E-state index contributed by atoms with van der Waals surface area (Å²) in [6.07, 6.45) is -4.24. The maximum atomic E-state index is 12.3. The summed E-state index contributed by atoms with van der Waals surface area (Å²) in [7, 11) is -1.59. The molecule has 1 aromatic carbocycles. The standard InChI is InChI=1S/C10H12BrF3Si/c1-15(2,7-11)9-5-3-8(4-6-9)10(12,13)14/h3-6H,7H2,1-2H3. The van der Waals surface area contributed by atoms with Crippen LogP contribution in [0.4, 0.5) is 13.2 Å². The lowest BCUT2D eigenvalue weighted by atomic mass is 10.2. The highest BCUT2D eigenvalue weighted by molar-refractivity contribution is 9.09. The van der Waals surface area contributed by atoms with E-state index in [2.05, 4.69) is 29.0 Å². The van der Waals surface area contributed by atoms with Crippen molar-refractivity contribution in [3.05, 3.63) is 29.8 Å². The molecule has 0 N–H and O–H groups in total. The summed E-state index contributed by atoms with van der Waals surface area (Å²) in [5.41, 5.74) is -0.578. The fourth-order valence-corrected chi connectivity index (χ4v) is 3.38. The number of hydrogen-bond donors (Lipinski definition) is 0. The molecule has 0 radical (unpaired) electrons. The monoisotopic (exact) mass is 296 g/mol. The lowest BCUT2D eigenvalue weighted by Crippen LogP contribution is -2.43. The molecule has 0 bridgehead atoms. The maximum absolute atomic E-state index is 12.3. The predicted molar refractivity (Wildman–Crippen MR) is 62.4 cm³/mol. The number of halogens is 4. The van der Waals surface area contributed by atoms with Crippen molar-refractivity contribution >= 4 is 29.2 Å². The smallest absolute Gasteiger partial charge is 0.166 e. The Morgan fingerprint density at radius 3 is 1.93 bits per heavy atom. The van der Waals surface area contributed by atoms with E-state index >= 15 is 0 Å². The van der Waals surface area contributed by atoms with Crippen molar-refractivity contribution in [1.29, 1.82) is 0 Å². The minimum atomic E-state index is -4.24. The molecular weight excluding hydrogens is 285 g/mol. The Bertz CT molecular complexity index is 330. The van der Waals surface area contributed by atoms with Crippen LogP contribution in [0, 0.1) is 0 Å². The van der Waals surface area contributed by atoms with Crippen LogP contribution in [0.1, 0.15) is 5.56 Å². The minimum Gasteiger partial charge on any atom is -0.166 e. The molecular formula is C10H12BrF3Si. The fourth-order valence-electron chi connectivity index (χ4n) is 1.19. The largest absolute Gasteiger partial charge is 0.416 e. The molecule has 15 heavy (non-hydrogen) atoms. The topological polar surface area (TPSA) is 0 Å². The van der Waals surface area contributed by atoms with Gasteiger partial charge >= 0.3 is 6.18 Å². The summed E-state index contributed by atoms with van der Waals surface area (Å²) < 4.78 is 36.9. The van der Waals surface area contributed by atoms with Gasteiger partial charge in [0.05, 0.1) is 13.6 Å². The third-order valence-corrected chi connectivity index (χ3v) is 9.10. The highest BCUT2D eigenvalue weighted by Gasteiger charge is 2.31. The van der Waals surface area contributed by atoms with Crippen LogP contribution in [0.3, 0.4) is 0 Å². The van der Waals surface area contributed by atoms with Crippen LogP contribution in [-0.2, 0) is 6.18 Å². The van der Waals surface area contributed by atoms with E-state index in [1.807, 2.05) is 0 Å². The lowest BCUT2D eigenvalue weighted by Gasteiger charge is -2.20. The van der Waals surface area contributed by atoms with Crippen LogP contribution in [0.25, 0.3) is 0 Å². The van der Waals surface area contributed by atoms with E-state index in [0.29, 0.717) is 0 Å². The summed E-state index contributed by atoms with van der Waals surface area (Å²) >= 11 is 3.41. The fraction of sp³-hybridized carbons (Fsp3) is 0.400. The van der Waals surface area contributed by atoms with E-state index in [4.69, 9.17) is 0 Å². The summed E-state index contributed by atoms with van der Waals surface area (Å²) in [6.45, 7) is 4.23. The van der Waals surface area contributed by atoms with Gasteiger partial charge in [-0.3, -0.25) is 0 Å². The van der Waals surface area contributed by atoms with E-state index in [1.54, 1.807) is 12.1 Å². The van der Waals surface area contributed by atoms with E-state index in [1.165, 1.54) is 0 Å². The maximum Gasteiger partial charge on any atom is 0.416 e. The van der Waals surface area contributed by atoms with Crippen molar-refractivity contribution in [3.63, 3.8) is 0 Å². The zero-order chi connectivity index (χ0) is 11.7. The molecule has 0 amide bonds. The molecule has 0 atom stereocenters. The SMILES string of the molecule is C[Si](C)(CBr)c1ccc(C(F)(F)F)cc1. The van der Waals surface area contributed by atoms with E-state index in [-0.39, 0.29) is 0 Å². The Kier molecular flexibility index (Phi) is 3.66. The second-order valence-corrected chi connectivity index (χ2v) is 10.4. The van der Waals surface area contributed by atoms with Crippen LogP contribution in [0.15, 0.2) is 24.3 Å². The molecule has 0 nitrogen and oxygen atoms in total. The number of alkyl halides is 4. The highest BCUT2D eigenvalue weighted by Crippen LogP contribution is 2.28. The van der Waals surface area contributed by atoms with Crippen molar-refractivity contribution in [2.75, 3.05) is 4.95 Å². The summed E-state index contributed by atoms with van der Waals surface area (Å²) in [6, 6.07) is 5.51. The third kappa shape index (κ3) is 3.08. The second kappa shape index (κ2) is 4.29. The van der Waals surface area contributed by atoms with Gasteiger partial charge in [-0.05, 0) is 0 Å². The van der Waals surface area contributed by atoms with Crippen LogP contribution >= 0.6 is 15.9 Å². The lowest BCUT2D eigenvalue weighted by molar-refractivity contribution is -0.137. The zero-order valence-electron chi connectivity index (χ0n) is 8.53. The molecule has 0 heterocycles. The predicted octanol–water partition coefficient (Wildman–Crippen LogP) is 3.55. The number of benzene rings is 1. The van der Waals surface area contributed by atoms with Gasteiger partial charge in [-0.2, -0.15) is 13.2 Å². The molecule has 5 heteroatoms. The van der Waals surface area contributed by atoms with Gasteiger partial charge in [0.2, 0.25) is 0 Å². The second-order valence-electron chi connectivity index (χ2n) is 4.09. The van der Waals surface area contributed by atoms with Gasteiger partial charge in [0.15, 0.2) is 0 Å². The van der Waals surface area contributed by atoms with E-state index < -0.39 is 19.8 Å². The Labute approximate surface area is 96.6 Å². The van der Waals surface area contributed by atoms with Gasteiger partial charge in [-0.15, -0.1) is 0 Å². The van der Waals surface area contributed by atoms with Crippen LogP contribution in [-0.4, -0.2) is 13.0 Å². The molecule has 0 saturated heterocycles. The average molecular weight is 297 g/mol. The van der Waals surface area contributed by atoms with Gasteiger partial charge in [0.25, 0.3) is 0 Å². The summed E-state index contributed by atoms with van der Waals surface area (Å²) in [5.74, 6) is 0. The first-order valence-corrected chi connectivity index (χ1v) is 8.84. The normalized spacial score (nSPS) is 12.9. The highest BCUT2D eigenvalue weighted by atomic mass is 79.9. The Morgan fingerprint density at radius 1 is 1.13 bits per heavy atom. The summed E-state index contributed by atoms with van der Waals surface area (Å²) in [4.78, 5) is 0.853. The Balaban J connectivity index is 3.01. The minimum absolute atomic E-state index is 0.578. The molecule has 0 fully saturated rings. The van der Waals surface area contributed by atoms with Crippen molar-refractivity contribution < 1.29 is 13.2 Å². The third-order valence-electron chi connectivity index (χ3n) is 2.33. The van der Waals surface area contributed by atoms with Crippen molar-refractivity contribution in [2.45, 2.75) is 19.3 Å². The molecule has 0 unspecified atom stereocenters. The van der Waals surface area contributed by atoms with Gasteiger partial charge in [-0.25, -0.2) is 0 Å². The molecule has 0 aliphatic carbocycles. The van der Waals surface area contributed by atoms with Crippen molar-refractivity contribution in [3.8, 4) is 0 Å². The van der Waals surface area contributed by atoms with E-state index in [0.717, 1.165) is 22.3 Å². The molecule has 0 aliphatic heterocycles. The molecule has 1 rings (SSSR count). The Morgan fingerprint density at radius 2 is 1.60 bits per heavy atom. The van der Waals surface area contributed by atoms with Crippen LogP contribution in [0.2, 0.25) is 13.1 Å². The first kappa shape index (κ1) is 12.8. The average Bonchev–Trinajstić information content (AvgIpc) is 2.17. The molecule has 84 valence electrons. The Hall–Kier alpha value is -0.293. The van der Waals surface area contributed by atoms with Gasteiger partial charge in [-0.1, -0.05) is 58.5 Å². The van der Waals surface area contributed by atoms with Gasteiger partial charge in [0.1, 0.15) is 0 Å². The molecule has 0 spiro atoms. The molecule has 0 saturated carbocycles. The number of rotatable bonds is 2. The summed E-state index contributed by atoms with van der Waals surface area (Å²) in [5, 5.41) is 1.03. The first-order chi connectivity index (χ1) is 6.77. The quantitative estimate of drug-likeness (QED) is 0.578. The first-order valence-electron chi connectivity index (χ1n) is 4.51. The van der Waals surface area contributed by atoms with Crippen molar-refractivity contribution in [1.82, 2.24) is 0 Å². The molecule has 1 aromatic rings. The molecule has 0 aliphatic rings.